The van der Waals surface area contributed by atoms with E-state index in [1.54, 1.807) is 25.2 Å². The van der Waals surface area contributed by atoms with E-state index in [1.807, 2.05) is 6.07 Å². The number of likely N-dealkylation sites (N-methyl/N-ethyl adjacent to an activating group) is 1. The number of halogens is 1. The molecule has 1 atom stereocenters. The Balaban J connectivity index is 2.58. The molecule has 4 nitrogen and oxygen atoms in total. The van der Waals surface area contributed by atoms with Gasteiger partial charge >= 0.3 is 6.09 Å². The second kappa shape index (κ2) is 5.83. The van der Waals surface area contributed by atoms with Crippen LogP contribution in [0.3, 0.4) is 0 Å². The van der Waals surface area contributed by atoms with E-state index in [2.05, 4.69) is 11.8 Å². The van der Waals surface area contributed by atoms with Crippen molar-refractivity contribution in [2.24, 2.45) is 0 Å². The van der Waals surface area contributed by atoms with Crippen molar-refractivity contribution < 1.29 is 14.3 Å². The number of hydrogen-bond acceptors (Lipinski definition) is 3. The monoisotopic (exact) mass is 294 g/mol. The van der Waals surface area contributed by atoms with Gasteiger partial charge in [0.1, 0.15) is 12.6 Å². The molecule has 0 bridgehead atoms. The summed E-state index contributed by atoms with van der Waals surface area (Å²) in [6.07, 6.45) is 2.02. The van der Waals surface area contributed by atoms with E-state index in [4.69, 9.17) is 11.6 Å². The summed E-state index contributed by atoms with van der Waals surface area (Å²) < 4.78 is 4.54. The molecule has 0 heterocycles. The number of amides is 1. The number of ketones is 1. The van der Waals surface area contributed by atoms with Gasteiger partial charge in [-0.25, -0.2) is 4.79 Å². The van der Waals surface area contributed by atoms with Gasteiger partial charge in [-0.3, -0.25) is 9.69 Å². The molecule has 0 aromatic heterocycles. The van der Waals surface area contributed by atoms with Crippen molar-refractivity contribution in [3.05, 3.63) is 42.0 Å². The van der Waals surface area contributed by atoms with Gasteiger partial charge in [0.2, 0.25) is 0 Å². The predicted molar refractivity (Wildman–Crippen MR) is 76.2 cm³/mol. The first-order chi connectivity index (χ1) is 9.54. The number of carbonyl (C=O) groups is 2. The zero-order valence-electron chi connectivity index (χ0n) is 11.4. The van der Waals surface area contributed by atoms with Crippen LogP contribution < -0.4 is 0 Å². The number of benzene rings is 1. The molecule has 2 rings (SSSR count). The lowest BCUT2D eigenvalue weighted by molar-refractivity contribution is -0.133. The SMILES string of the molecule is [CH2]OC(=O)N(C)[C@]1(c2ccccc2Cl)CCCCC1=O. The second-order valence-electron chi connectivity index (χ2n) is 4.94. The van der Waals surface area contributed by atoms with E-state index in [1.165, 1.54) is 4.90 Å². The molecule has 0 N–H and O–H groups in total. The van der Waals surface area contributed by atoms with E-state index in [0.717, 1.165) is 12.8 Å². The highest BCUT2D eigenvalue weighted by Crippen LogP contribution is 2.42. The smallest absolute Gasteiger partial charge is 0.410 e. The molecular weight excluding hydrogens is 278 g/mol. The third-order valence-electron chi connectivity index (χ3n) is 3.94. The van der Waals surface area contributed by atoms with Crippen molar-refractivity contribution in [2.45, 2.75) is 31.2 Å². The third-order valence-corrected chi connectivity index (χ3v) is 4.27. The lowest BCUT2D eigenvalue weighted by Gasteiger charge is -2.42. The normalized spacial score (nSPS) is 22.4. The highest BCUT2D eigenvalue weighted by Gasteiger charge is 2.48. The molecule has 0 spiro atoms. The molecule has 5 heteroatoms. The molecule has 1 fully saturated rings. The van der Waals surface area contributed by atoms with Gasteiger partial charge in [-0.05, 0) is 25.3 Å². The van der Waals surface area contributed by atoms with Gasteiger partial charge in [0.05, 0.1) is 0 Å². The van der Waals surface area contributed by atoms with Gasteiger partial charge in [0.15, 0.2) is 5.78 Å². The zero-order chi connectivity index (χ0) is 14.8. The van der Waals surface area contributed by atoms with Gasteiger partial charge < -0.3 is 4.74 Å². The Labute approximate surface area is 123 Å². The average molecular weight is 295 g/mol. The van der Waals surface area contributed by atoms with Gasteiger partial charge in [-0.1, -0.05) is 29.8 Å². The lowest BCUT2D eigenvalue weighted by atomic mass is 9.74. The molecule has 1 aromatic carbocycles. The summed E-state index contributed by atoms with van der Waals surface area (Å²) in [5.74, 6) is -0.00949. The number of nitrogens with zero attached hydrogens (tertiary/aromatic N) is 1. The number of rotatable bonds is 2. The topological polar surface area (TPSA) is 46.6 Å². The maximum Gasteiger partial charge on any atom is 0.410 e. The maximum absolute atomic E-state index is 12.6. The summed E-state index contributed by atoms with van der Waals surface area (Å²) in [6.45, 7) is 0. The minimum atomic E-state index is -1.05. The lowest BCUT2D eigenvalue weighted by Crippen LogP contribution is -2.54. The van der Waals surface area contributed by atoms with E-state index in [9.17, 15) is 9.59 Å². The molecule has 1 aliphatic carbocycles. The summed E-state index contributed by atoms with van der Waals surface area (Å²) in [6, 6.07) is 7.13. The number of hydrogen-bond donors (Lipinski definition) is 0. The van der Waals surface area contributed by atoms with Crippen LogP contribution in [0.4, 0.5) is 4.79 Å². The minimum Gasteiger partial charge on any atom is -0.446 e. The standard InChI is InChI=1S/C15H17ClNO3/c1-17(14(19)20-2)15(10-6-5-9-13(15)18)11-7-3-4-8-12(11)16/h3-4,7-8H,2,5-6,9-10H2,1H3/t15-/m0/s1. The van der Waals surface area contributed by atoms with E-state index >= 15 is 0 Å². The maximum atomic E-state index is 12.6. The van der Waals surface area contributed by atoms with E-state index in [0.29, 0.717) is 23.4 Å². The van der Waals surface area contributed by atoms with Crippen molar-refractivity contribution in [1.82, 2.24) is 4.90 Å². The van der Waals surface area contributed by atoms with Crippen molar-refractivity contribution >= 4 is 23.5 Å². The van der Waals surface area contributed by atoms with Crippen LogP contribution in [0.5, 0.6) is 0 Å². The zero-order valence-corrected chi connectivity index (χ0v) is 12.2. The molecule has 0 saturated heterocycles. The van der Waals surface area contributed by atoms with Crippen LogP contribution in [0, 0.1) is 7.11 Å². The fraction of sp³-hybridized carbons (Fsp3) is 0.400. The van der Waals surface area contributed by atoms with Crippen LogP contribution >= 0.6 is 11.6 Å². The molecule has 0 aliphatic heterocycles. The molecule has 107 valence electrons. The van der Waals surface area contributed by atoms with Crippen LogP contribution in [-0.4, -0.2) is 23.8 Å². The quantitative estimate of drug-likeness (QED) is 0.838. The first-order valence-corrected chi connectivity index (χ1v) is 6.90. The van der Waals surface area contributed by atoms with E-state index in [-0.39, 0.29) is 5.78 Å². The van der Waals surface area contributed by atoms with Crippen molar-refractivity contribution in [2.75, 3.05) is 7.05 Å². The Morgan fingerprint density at radius 3 is 2.70 bits per heavy atom. The fourth-order valence-electron chi connectivity index (χ4n) is 2.88. The van der Waals surface area contributed by atoms with Gasteiger partial charge in [-0.2, -0.15) is 0 Å². The molecule has 20 heavy (non-hydrogen) atoms. The predicted octanol–water partition coefficient (Wildman–Crippen LogP) is 3.54. The molecule has 1 radical (unpaired) electrons. The van der Waals surface area contributed by atoms with Crippen LogP contribution in [-0.2, 0) is 15.1 Å². The second-order valence-corrected chi connectivity index (χ2v) is 5.35. The number of ether oxygens (including phenoxy) is 1. The fourth-order valence-corrected chi connectivity index (χ4v) is 3.17. The van der Waals surface area contributed by atoms with Gasteiger partial charge in [-0.15, -0.1) is 0 Å². The van der Waals surface area contributed by atoms with Gasteiger partial charge in [0, 0.05) is 24.1 Å². The Morgan fingerprint density at radius 2 is 2.10 bits per heavy atom. The summed E-state index contributed by atoms with van der Waals surface area (Å²) >= 11 is 6.26. The Kier molecular flexibility index (Phi) is 4.33. The highest BCUT2D eigenvalue weighted by atomic mass is 35.5. The van der Waals surface area contributed by atoms with Crippen molar-refractivity contribution in [1.29, 1.82) is 0 Å². The van der Waals surface area contributed by atoms with Crippen molar-refractivity contribution in [3.8, 4) is 0 Å². The highest BCUT2D eigenvalue weighted by molar-refractivity contribution is 6.31. The Hall–Kier alpha value is -1.55. The Morgan fingerprint density at radius 1 is 1.40 bits per heavy atom. The summed E-state index contributed by atoms with van der Waals surface area (Å²) in [7, 11) is 4.69. The van der Waals surface area contributed by atoms with Crippen molar-refractivity contribution in [3.63, 3.8) is 0 Å². The molecular formula is C15H17ClNO3. The average Bonchev–Trinajstić information content (AvgIpc) is 2.47. The van der Waals surface area contributed by atoms with Gasteiger partial charge in [0.25, 0.3) is 0 Å². The van der Waals surface area contributed by atoms with E-state index < -0.39 is 11.6 Å². The van der Waals surface area contributed by atoms with Crippen LogP contribution in [0.1, 0.15) is 31.2 Å². The first kappa shape index (κ1) is 14.9. The molecule has 1 saturated carbocycles. The third kappa shape index (κ3) is 2.29. The molecule has 0 unspecified atom stereocenters. The summed E-state index contributed by atoms with van der Waals surface area (Å²) in [4.78, 5) is 25.8. The van der Waals surface area contributed by atoms with Crippen LogP contribution in [0.2, 0.25) is 5.02 Å². The molecule has 1 amide bonds. The minimum absolute atomic E-state index is 0.00949. The number of carbonyl (C=O) groups excluding carboxylic acids is 2. The largest absolute Gasteiger partial charge is 0.446 e. The molecule has 1 aliphatic rings. The molecule has 1 aromatic rings. The van der Waals surface area contributed by atoms with Crippen LogP contribution in [0.15, 0.2) is 24.3 Å². The van der Waals surface area contributed by atoms with Crippen LogP contribution in [0.25, 0.3) is 0 Å². The summed E-state index contributed by atoms with van der Waals surface area (Å²) in [5, 5.41) is 0.478. The first-order valence-electron chi connectivity index (χ1n) is 6.52. The Bertz CT molecular complexity index is 532. The summed E-state index contributed by atoms with van der Waals surface area (Å²) in [5.41, 5.74) is -0.398. The number of Topliss-reactive ketones (excluding diaryl/α,β-unsaturated/α-hetero) is 1.